The monoisotopic (exact) mass is 468 g/mol. The van der Waals surface area contributed by atoms with Crippen LogP contribution in [0, 0.1) is 6.92 Å². The van der Waals surface area contributed by atoms with Crippen molar-refractivity contribution in [3.8, 4) is 11.3 Å². The molecule has 0 radical (unpaired) electrons. The Bertz CT molecular complexity index is 1580. The molecular weight excluding hydrogens is 442 g/mol. The van der Waals surface area contributed by atoms with Gasteiger partial charge in [-0.1, -0.05) is 79.9 Å². The largest absolute Gasteiger partial charge is 0.456 e. The molecule has 0 atom stereocenters. The van der Waals surface area contributed by atoms with Gasteiger partial charge in [0.25, 0.3) is 5.82 Å². The maximum absolute atomic E-state index is 6.45. The first-order chi connectivity index (χ1) is 16.3. The van der Waals surface area contributed by atoms with Crippen molar-refractivity contribution in [2.75, 3.05) is 5.43 Å². The van der Waals surface area contributed by atoms with E-state index in [9.17, 15) is 0 Å². The van der Waals surface area contributed by atoms with Gasteiger partial charge in [-0.3, -0.25) is 0 Å². The molecule has 34 heavy (non-hydrogen) atoms. The van der Waals surface area contributed by atoms with Crippen LogP contribution in [0.25, 0.3) is 33.2 Å². The maximum atomic E-state index is 6.45. The summed E-state index contributed by atoms with van der Waals surface area (Å²) in [7, 11) is 0. The Morgan fingerprint density at radius 3 is 2.44 bits per heavy atom. The first-order valence-electron chi connectivity index (χ1n) is 11.3. The van der Waals surface area contributed by atoms with Crippen LogP contribution in [0.5, 0.6) is 0 Å². The summed E-state index contributed by atoms with van der Waals surface area (Å²) in [6, 6.07) is 26.5. The van der Waals surface area contributed by atoms with Crippen LogP contribution in [0.4, 0.5) is 5.82 Å². The van der Waals surface area contributed by atoms with Gasteiger partial charge in [0.2, 0.25) is 0 Å². The van der Waals surface area contributed by atoms with Crippen molar-refractivity contribution in [1.82, 2.24) is 0 Å². The molecule has 0 bridgehead atoms. The summed E-state index contributed by atoms with van der Waals surface area (Å²) in [5, 5.41) is 8.14. The number of nitrogens with one attached hydrogen (secondary N) is 2. The van der Waals surface area contributed by atoms with E-state index in [1.165, 1.54) is 5.56 Å². The van der Waals surface area contributed by atoms with E-state index >= 15 is 0 Å². The fourth-order valence-electron chi connectivity index (χ4n) is 3.96. The van der Waals surface area contributed by atoms with E-state index in [0.29, 0.717) is 5.02 Å². The Morgan fingerprint density at radius 2 is 1.68 bits per heavy atom. The lowest BCUT2D eigenvalue weighted by Gasteiger charge is -2.19. The molecule has 2 N–H and O–H groups in total. The van der Waals surface area contributed by atoms with Crippen LogP contribution in [-0.4, -0.2) is 0 Å². The molecule has 5 aromatic rings. The third kappa shape index (κ3) is 4.42. The number of aromatic amines is 1. The third-order valence-electron chi connectivity index (χ3n) is 6.02. The number of H-pyrrole nitrogens is 1. The van der Waals surface area contributed by atoms with Crippen molar-refractivity contribution in [2.45, 2.75) is 33.1 Å². The van der Waals surface area contributed by atoms with E-state index in [-0.39, 0.29) is 5.41 Å². The summed E-state index contributed by atoms with van der Waals surface area (Å²) in [6.45, 7) is 8.60. The minimum Gasteiger partial charge on any atom is -0.456 e. The minimum absolute atomic E-state index is 0.0910. The van der Waals surface area contributed by atoms with Gasteiger partial charge in [-0.2, -0.15) is 0 Å². The highest BCUT2D eigenvalue weighted by Crippen LogP contribution is 2.29. The van der Waals surface area contributed by atoms with Gasteiger partial charge in [0.15, 0.2) is 0 Å². The van der Waals surface area contributed by atoms with Gasteiger partial charge < -0.3 is 4.42 Å². The van der Waals surface area contributed by atoms with Crippen LogP contribution in [0.1, 0.15) is 31.9 Å². The molecule has 170 valence electrons. The second-order valence-electron chi connectivity index (χ2n) is 9.60. The Kier molecular flexibility index (Phi) is 5.62. The molecule has 0 saturated carbocycles. The lowest BCUT2D eigenvalue weighted by molar-refractivity contribution is -0.327. The van der Waals surface area contributed by atoms with Crippen molar-refractivity contribution >= 4 is 39.3 Å². The molecule has 0 spiro atoms. The number of benzene rings is 3. The van der Waals surface area contributed by atoms with Gasteiger partial charge in [-0.25, -0.2) is 4.98 Å². The molecule has 0 fully saturated rings. The van der Waals surface area contributed by atoms with Gasteiger partial charge in [0.1, 0.15) is 22.2 Å². The van der Waals surface area contributed by atoms with E-state index in [1.807, 2.05) is 49.4 Å². The predicted octanol–water partition coefficient (Wildman–Crippen LogP) is 7.25. The lowest BCUT2D eigenvalue weighted by Crippen LogP contribution is -2.14. The molecule has 5 heteroatoms. The molecule has 0 aliphatic rings. The molecule has 4 nitrogen and oxygen atoms in total. The number of halogens is 1. The van der Waals surface area contributed by atoms with Crippen molar-refractivity contribution in [3.05, 3.63) is 100 Å². The van der Waals surface area contributed by atoms with E-state index in [2.05, 4.69) is 67.6 Å². The zero-order valence-electron chi connectivity index (χ0n) is 19.7. The molecule has 0 aliphatic heterocycles. The summed E-state index contributed by atoms with van der Waals surface area (Å²) in [6.07, 6.45) is 0. The number of fused-ring (bicyclic) bond motifs is 2. The number of aromatic nitrogens is 1. The Balaban J connectivity index is 1.62. The highest BCUT2D eigenvalue weighted by Gasteiger charge is 2.15. The highest BCUT2D eigenvalue weighted by atomic mass is 35.5. The quantitative estimate of drug-likeness (QED) is 0.283. The Morgan fingerprint density at radius 1 is 0.912 bits per heavy atom. The van der Waals surface area contributed by atoms with Gasteiger partial charge in [-0.05, 0) is 47.7 Å². The van der Waals surface area contributed by atoms with Crippen LogP contribution >= 0.6 is 11.6 Å². The molecule has 0 aliphatic carbocycles. The van der Waals surface area contributed by atoms with E-state index in [4.69, 9.17) is 21.1 Å². The van der Waals surface area contributed by atoms with E-state index in [1.54, 1.807) is 0 Å². The van der Waals surface area contributed by atoms with Crippen molar-refractivity contribution in [3.63, 3.8) is 0 Å². The normalized spacial score (nSPS) is 12.4. The Labute approximate surface area is 203 Å². The van der Waals surface area contributed by atoms with E-state index < -0.39 is 0 Å². The molecule has 2 heterocycles. The first kappa shape index (κ1) is 22.2. The number of hydrogen-bond acceptors (Lipinski definition) is 3. The summed E-state index contributed by atoms with van der Waals surface area (Å²) < 4.78 is 6.31. The highest BCUT2D eigenvalue weighted by molar-refractivity contribution is 6.32. The summed E-state index contributed by atoms with van der Waals surface area (Å²) in [4.78, 5) is 3.38. The average molecular weight is 469 g/mol. The number of nitrogens with zero attached hydrogens (tertiary/aromatic N) is 1. The predicted molar refractivity (Wildman–Crippen MR) is 140 cm³/mol. The van der Waals surface area contributed by atoms with Crippen LogP contribution in [0.3, 0.4) is 0 Å². The fourth-order valence-corrected chi connectivity index (χ4v) is 4.12. The first-order valence-corrected chi connectivity index (χ1v) is 11.7. The average Bonchev–Trinajstić information content (AvgIpc) is 2.83. The zero-order chi connectivity index (χ0) is 23.9. The summed E-state index contributed by atoms with van der Waals surface area (Å²) >= 11 is 6.45. The number of anilines is 1. The van der Waals surface area contributed by atoms with E-state index in [0.717, 1.165) is 49.9 Å². The number of aryl methyl sites for hydroxylation is 1. The second kappa shape index (κ2) is 8.62. The standard InChI is InChI=1S/C29H26ClN3O/c1-18-15-27-22(16-23(18)30)25(32-33-28-14-11-19-7-5-6-8-24(19)31-28)17-26(34-27)20-9-12-21(13-10-20)29(2,3)4/h5-17H,1-4H3,(H,31,33)/p+1. The topological polar surface area (TPSA) is 51.7 Å². The summed E-state index contributed by atoms with van der Waals surface area (Å²) in [5.41, 5.74) is 8.27. The smallest absolute Gasteiger partial charge is 0.297 e. The fraction of sp³-hybridized carbons (Fsp3) is 0.172. The van der Waals surface area contributed by atoms with Gasteiger partial charge >= 0.3 is 0 Å². The summed E-state index contributed by atoms with van der Waals surface area (Å²) in [5.74, 6) is 1.54. The van der Waals surface area contributed by atoms with Crippen LogP contribution in [0.15, 0.2) is 88.4 Å². The van der Waals surface area contributed by atoms with Crippen molar-refractivity contribution in [2.24, 2.45) is 5.10 Å². The third-order valence-corrected chi connectivity index (χ3v) is 6.42. The molecule has 5 rings (SSSR count). The van der Waals surface area contributed by atoms with Crippen LogP contribution in [-0.2, 0) is 5.41 Å². The molecule has 0 saturated heterocycles. The zero-order valence-corrected chi connectivity index (χ0v) is 20.5. The molecular formula is C29H27ClN3O+. The number of para-hydroxylation sites is 1. The molecule has 2 aromatic heterocycles. The van der Waals surface area contributed by atoms with Gasteiger partial charge in [0.05, 0.1) is 0 Å². The number of rotatable bonds is 3. The van der Waals surface area contributed by atoms with Crippen molar-refractivity contribution < 1.29 is 9.40 Å². The Hall–Kier alpha value is -3.63. The number of hydrogen-bond donors (Lipinski definition) is 1. The van der Waals surface area contributed by atoms with Gasteiger partial charge in [-0.15, -0.1) is 5.43 Å². The SMILES string of the molecule is Cc1cc2oc(-c3ccc(C(C)(C)C)cc3)cc(=NNc3ccc4ccccc4[nH+]3)c2cc1Cl. The molecule has 3 aromatic carbocycles. The maximum Gasteiger partial charge on any atom is 0.297 e. The molecule has 0 amide bonds. The minimum atomic E-state index is 0.0910. The number of pyridine rings is 1. The van der Waals surface area contributed by atoms with Crippen LogP contribution < -0.4 is 15.8 Å². The second-order valence-corrected chi connectivity index (χ2v) is 10.0. The lowest BCUT2D eigenvalue weighted by atomic mass is 9.86. The molecule has 0 unspecified atom stereocenters. The van der Waals surface area contributed by atoms with Gasteiger partial charge in [0, 0.05) is 33.5 Å². The van der Waals surface area contributed by atoms with Crippen molar-refractivity contribution in [1.29, 1.82) is 0 Å². The van der Waals surface area contributed by atoms with Crippen LogP contribution in [0.2, 0.25) is 5.02 Å².